The van der Waals surface area contributed by atoms with Crippen LogP contribution in [0.1, 0.15) is 0 Å². The van der Waals surface area contributed by atoms with Crippen molar-refractivity contribution in [2.75, 3.05) is 17.2 Å². The largest absolute Gasteiger partial charge is 0.482 e. The predicted octanol–water partition coefficient (Wildman–Crippen LogP) is 3.76. The van der Waals surface area contributed by atoms with Crippen LogP contribution in [-0.2, 0) is 4.79 Å². The third kappa shape index (κ3) is 2.66. The second kappa shape index (κ2) is 5.85. The molecule has 0 fully saturated rings. The molecule has 26 heavy (non-hydrogen) atoms. The van der Waals surface area contributed by atoms with Crippen LogP contribution in [0, 0.1) is 0 Å². The maximum Gasteiger partial charge on any atom is 0.262 e. The topological polar surface area (TPSA) is 91.9 Å². The molecule has 0 aliphatic carbocycles. The van der Waals surface area contributed by atoms with E-state index in [1.807, 2.05) is 41.8 Å². The normalized spacial score (nSPS) is 13.2. The van der Waals surface area contributed by atoms with Crippen LogP contribution in [0.5, 0.6) is 5.75 Å². The minimum absolute atomic E-state index is 0.0534. The fourth-order valence-electron chi connectivity index (χ4n) is 2.84. The molecule has 2 aromatic carbocycles. The number of carbonyl (C=O) groups is 1. The van der Waals surface area contributed by atoms with Gasteiger partial charge in [-0.1, -0.05) is 0 Å². The molecule has 1 aliphatic rings. The third-order valence-corrected chi connectivity index (χ3v) is 4.86. The van der Waals surface area contributed by atoms with E-state index in [0.717, 1.165) is 33.0 Å². The van der Waals surface area contributed by atoms with Crippen molar-refractivity contribution in [3.05, 3.63) is 48.0 Å². The van der Waals surface area contributed by atoms with Crippen molar-refractivity contribution in [3.63, 3.8) is 0 Å². The van der Waals surface area contributed by atoms with Gasteiger partial charge in [-0.05, 0) is 36.4 Å². The van der Waals surface area contributed by atoms with Gasteiger partial charge in [-0.15, -0.1) is 11.3 Å². The molecule has 0 atom stereocenters. The first-order valence-electron chi connectivity index (χ1n) is 7.97. The highest BCUT2D eigenvalue weighted by Gasteiger charge is 2.17. The van der Waals surface area contributed by atoms with Crippen LogP contribution >= 0.6 is 11.3 Å². The Balaban J connectivity index is 1.41. The molecule has 0 saturated carbocycles. The second-order valence-corrected chi connectivity index (χ2v) is 6.74. The minimum Gasteiger partial charge on any atom is -0.482 e. The van der Waals surface area contributed by atoms with Gasteiger partial charge in [0, 0.05) is 22.0 Å². The van der Waals surface area contributed by atoms with Crippen molar-refractivity contribution in [3.8, 4) is 17.0 Å². The summed E-state index contributed by atoms with van der Waals surface area (Å²) in [5.74, 6) is 0.527. The summed E-state index contributed by atoms with van der Waals surface area (Å²) in [4.78, 5) is 16.1. The molecule has 0 radical (unpaired) electrons. The fourth-order valence-corrected chi connectivity index (χ4v) is 3.58. The van der Waals surface area contributed by atoms with Gasteiger partial charge < -0.3 is 15.4 Å². The highest BCUT2D eigenvalue weighted by Crippen LogP contribution is 2.34. The molecule has 1 amide bonds. The number of fused-ring (bicyclic) bond motifs is 2. The number of amides is 1. The summed E-state index contributed by atoms with van der Waals surface area (Å²) in [6, 6.07) is 11.7. The van der Waals surface area contributed by atoms with E-state index in [-0.39, 0.29) is 12.5 Å². The molecular weight excluding hydrogens is 350 g/mol. The third-order valence-electron chi connectivity index (χ3n) is 4.11. The van der Waals surface area contributed by atoms with Crippen LogP contribution < -0.4 is 15.4 Å². The molecule has 0 spiro atoms. The lowest BCUT2D eigenvalue weighted by Crippen LogP contribution is -2.25. The van der Waals surface area contributed by atoms with E-state index in [2.05, 4.69) is 25.8 Å². The SMILES string of the molecule is O=C1COc2ccc(-c3csc(Nc4ccc5cn[nH]c5c4)n3)cc2N1. The molecule has 5 rings (SSSR count). The van der Waals surface area contributed by atoms with Crippen molar-refractivity contribution in [2.45, 2.75) is 0 Å². The molecule has 8 heteroatoms. The smallest absolute Gasteiger partial charge is 0.262 e. The Morgan fingerprint density at radius 2 is 2.15 bits per heavy atom. The van der Waals surface area contributed by atoms with E-state index in [0.29, 0.717) is 11.4 Å². The summed E-state index contributed by atoms with van der Waals surface area (Å²) in [5, 5.41) is 16.9. The summed E-state index contributed by atoms with van der Waals surface area (Å²) in [6.45, 7) is 0.0534. The summed E-state index contributed by atoms with van der Waals surface area (Å²) >= 11 is 1.52. The van der Waals surface area contributed by atoms with Crippen molar-refractivity contribution in [1.29, 1.82) is 0 Å². The average molecular weight is 363 g/mol. The summed E-state index contributed by atoms with van der Waals surface area (Å²) < 4.78 is 5.39. The van der Waals surface area contributed by atoms with Gasteiger partial charge in [-0.25, -0.2) is 4.98 Å². The lowest BCUT2D eigenvalue weighted by atomic mass is 10.1. The molecule has 128 valence electrons. The maximum atomic E-state index is 11.5. The first-order chi connectivity index (χ1) is 12.7. The van der Waals surface area contributed by atoms with Crippen LogP contribution in [0.4, 0.5) is 16.5 Å². The number of benzene rings is 2. The number of ether oxygens (including phenoxy) is 1. The molecular formula is C18H13N5O2S. The van der Waals surface area contributed by atoms with Gasteiger partial charge in [-0.3, -0.25) is 9.89 Å². The van der Waals surface area contributed by atoms with Gasteiger partial charge in [0.25, 0.3) is 5.91 Å². The first kappa shape index (κ1) is 14.9. The zero-order valence-electron chi connectivity index (χ0n) is 13.4. The van der Waals surface area contributed by atoms with E-state index < -0.39 is 0 Å². The van der Waals surface area contributed by atoms with Gasteiger partial charge in [0.1, 0.15) is 5.75 Å². The standard InChI is InChI=1S/C18H13N5O2S/c24-17-8-25-16-4-2-10(5-14(16)21-17)15-9-26-18(22-15)20-12-3-1-11-7-19-23-13(11)6-12/h1-7,9H,8H2,(H,19,23)(H,20,22)(H,21,24). The highest BCUT2D eigenvalue weighted by molar-refractivity contribution is 7.14. The number of carbonyl (C=O) groups excluding carboxylic acids is 1. The number of rotatable bonds is 3. The molecule has 3 heterocycles. The Morgan fingerprint density at radius 3 is 3.12 bits per heavy atom. The van der Waals surface area contributed by atoms with Gasteiger partial charge in [-0.2, -0.15) is 5.10 Å². The fraction of sp³-hybridized carbons (Fsp3) is 0.0556. The molecule has 7 nitrogen and oxygen atoms in total. The van der Waals surface area contributed by atoms with Gasteiger partial charge in [0.15, 0.2) is 11.7 Å². The van der Waals surface area contributed by atoms with Crippen molar-refractivity contribution >= 4 is 44.7 Å². The molecule has 0 bridgehead atoms. The number of nitrogens with one attached hydrogen (secondary N) is 3. The van der Waals surface area contributed by atoms with Crippen LogP contribution in [0.3, 0.4) is 0 Å². The van der Waals surface area contributed by atoms with Crippen LogP contribution in [0.2, 0.25) is 0 Å². The lowest BCUT2D eigenvalue weighted by Gasteiger charge is -2.18. The molecule has 2 aromatic heterocycles. The number of hydrogen-bond donors (Lipinski definition) is 3. The molecule has 0 saturated heterocycles. The zero-order chi connectivity index (χ0) is 17.5. The average Bonchev–Trinajstić information content (AvgIpc) is 3.30. The number of anilines is 3. The van der Waals surface area contributed by atoms with Crippen molar-refractivity contribution in [1.82, 2.24) is 15.2 Å². The monoisotopic (exact) mass is 363 g/mol. The highest BCUT2D eigenvalue weighted by atomic mass is 32.1. The molecule has 3 N–H and O–H groups in total. The lowest BCUT2D eigenvalue weighted by molar-refractivity contribution is -0.118. The Bertz CT molecular complexity index is 1130. The van der Waals surface area contributed by atoms with Gasteiger partial charge >= 0.3 is 0 Å². The van der Waals surface area contributed by atoms with E-state index >= 15 is 0 Å². The number of aromatic amines is 1. The Morgan fingerprint density at radius 1 is 1.19 bits per heavy atom. The van der Waals surface area contributed by atoms with E-state index in [1.54, 1.807) is 6.20 Å². The quantitative estimate of drug-likeness (QED) is 0.515. The Labute approximate surface area is 152 Å². The van der Waals surface area contributed by atoms with E-state index in [1.165, 1.54) is 11.3 Å². The summed E-state index contributed by atoms with van der Waals surface area (Å²) in [7, 11) is 0. The van der Waals surface area contributed by atoms with Crippen LogP contribution in [-0.4, -0.2) is 27.7 Å². The van der Waals surface area contributed by atoms with Crippen molar-refractivity contribution < 1.29 is 9.53 Å². The van der Waals surface area contributed by atoms with Crippen LogP contribution in [0.15, 0.2) is 48.0 Å². The Kier molecular flexibility index (Phi) is 3.36. The summed E-state index contributed by atoms with van der Waals surface area (Å²) in [5.41, 5.74) is 4.34. The molecule has 0 unspecified atom stereocenters. The van der Waals surface area contributed by atoms with Crippen LogP contribution in [0.25, 0.3) is 22.2 Å². The molecule has 1 aliphatic heterocycles. The second-order valence-electron chi connectivity index (χ2n) is 5.88. The first-order valence-corrected chi connectivity index (χ1v) is 8.85. The number of nitrogens with zero attached hydrogens (tertiary/aromatic N) is 2. The minimum atomic E-state index is -0.149. The van der Waals surface area contributed by atoms with Gasteiger partial charge in [0.2, 0.25) is 0 Å². The summed E-state index contributed by atoms with van der Waals surface area (Å²) in [6.07, 6.45) is 1.79. The molecule has 4 aromatic rings. The van der Waals surface area contributed by atoms with E-state index in [9.17, 15) is 4.79 Å². The zero-order valence-corrected chi connectivity index (χ0v) is 14.3. The number of hydrogen-bond acceptors (Lipinski definition) is 6. The number of thiazole rings is 1. The van der Waals surface area contributed by atoms with Crippen molar-refractivity contribution in [2.24, 2.45) is 0 Å². The Hall–Kier alpha value is -3.39. The number of H-pyrrole nitrogens is 1. The van der Waals surface area contributed by atoms with Gasteiger partial charge in [0.05, 0.1) is 23.1 Å². The maximum absolute atomic E-state index is 11.5. The van der Waals surface area contributed by atoms with E-state index in [4.69, 9.17) is 4.74 Å². The predicted molar refractivity (Wildman–Crippen MR) is 101 cm³/mol. The number of aromatic nitrogens is 3.